The van der Waals surface area contributed by atoms with E-state index in [1.54, 1.807) is 6.07 Å². The summed E-state index contributed by atoms with van der Waals surface area (Å²) in [6, 6.07) is 13.3. The zero-order valence-corrected chi connectivity index (χ0v) is 26.7. The number of rotatable bonds is 20. The normalized spacial score (nSPS) is 20.2. The molecule has 7 heteroatoms. The van der Waals surface area contributed by atoms with Crippen molar-refractivity contribution in [3.63, 3.8) is 0 Å². The lowest BCUT2D eigenvalue weighted by Gasteiger charge is -2.41. The van der Waals surface area contributed by atoms with Gasteiger partial charge in [-0.2, -0.15) is 0 Å². The monoisotopic (exact) mass is 596 g/mol. The van der Waals surface area contributed by atoms with Crippen molar-refractivity contribution in [3.8, 4) is 11.5 Å². The fourth-order valence-corrected chi connectivity index (χ4v) is 6.02. The van der Waals surface area contributed by atoms with Gasteiger partial charge in [-0.05, 0) is 61.0 Å². The van der Waals surface area contributed by atoms with Crippen LogP contribution in [-0.2, 0) is 14.0 Å². The van der Waals surface area contributed by atoms with Gasteiger partial charge in [0, 0.05) is 0 Å². The fraction of sp³-hybridized carbons (Fsp3) is 0.667. The minimum atomic E-state index is -0.596. The van der Waals surface area contributed by atoms with E-state index in [0.717, 1.165) is 50.0 Å². The Hall–Kier alpha value is -2.09. The molecule has 2 aromatic carbocycles. The highest BCUT2D eigenvalue weighted by atomic mass is 19.1. The number of unbranched alkanes of at least 4 members (excludes halogenated alkanes) is 12. The predicted molar refractivity (Wildman–Crippen MR) is 173 cm³/mol. The maximum atomic E-state index is 14.7. The zero-order chi connectivity index (χ0) is 30.1. The number of ether oxygens (including phenoxy) is 3. The lowest BCUT2D eigenvalue weighted by Crippen LogP contribution is -2.54. The minimum Gasteiger partial charge on any atom is -0.494 e. The van der Waals surface area contributed by atoms with Gasteiger partial charge in [0.2, 0.25) is 0 Å². The lowest BCUT2D eigenvalue weighted by molar-refractivity contribution is -0.150. The number of hydrogen-bond donors (Lipinski definition) is 0. The van der Waals surface area contributed by atoms with Gasteiger partial charge in [0.1, 0.15) is 11.9 Å². The second kappa shape index (κ2) is 19.3. The molecule has 2 heterocycles. The summed E-state index contributed by atoms with van der Waals surface area (Å²) in [5, 5.41) is 0. The summed E-state index contributed by atoms with van der Waals surface area (Å²) in [6.45, 7) is 6.16. The van der Waals surface area contributed by atoms with Crippen molar-refractivity contribution in [3.05, 3.63) is 53.8 Å². The Bertz CT molecular complexity index is 1030. The maximum Gasteiger partial charge on any atom is 0.494 e. The van der Waals surface area contributed by atoms with Gasteiger partial charge in [0.25, 0.3) is 0 Å². The molecule has 4 rings (SSSR count). The van der Waals surface area contributed by atoms with Gasteiger partial charge in [-0.15, -0.1) is 0 Å². The van der Waals surface area contributed by atoms with E-state index in [2.05, 4.69) is 38.1 Å². The minimum absolute atomic E-state index is 0.00669. The van der Waals surface area contributed by atoms with E-state index in [9.17, 15) is 4.39 Å². The molecule has 43 heavy (non-hydrogen) atoms. The molecule has 2 aromatic rings. The standard InChI is InChI=1S/C36H54BFO5/c1-3-5-7-9-10-11-12-13-14-16-25-39-31-20-17-29(18-21-31)33-23-24-35-36(42-33)28-41-37(43-35)30-19-22-34(32(38)27-30)40-26-15-8-6-4-2/h17-22,27,33,35-36H,3-16,23-26,28H2,1-2H3/t33-,35+,36-/m1/s1. The Morgan fingerprint density at radius 1 is 0.721 bits per heavy atom. The Kier molecular flexibility index (Phi) is 15.2. The second-order valence-electron chi connectivity index (χ2n) is 12.3. The molecule has 2 aliphatic heterocycles. The average molecular weight is 597 g/mol. The van der Waals surface area contributed by atoms with Gasteiger partial charge in [-0.25, -0.2) is 4.39 Å². The third-order valence-electron chi connectivity index (χ3n) is 8.68. The quantitative estimate of drug-likeness (QED) is 0.113. The van der Waals surface area contributed by atoms with Crippen molar-refractivity contribution in [1.82, 2.24) is 0 Å². The van der Waals surface area contributed by atoms with Gasteiger partial charge in [-0.3, -0.25) is 0 Å². The first-order valence-corrected chi connectivity index (χ1v) is 17.3. The molecule has 0 unspecified atom stereocenters. The van der Waals surface area contributed by atoms with E-state index in [1.807, 2.05) is 6.07 Å². The highest BCUT2D eigenvalue weighted by Gasteiger charge is 2.41. The lowest BCUT2D eigenvalue weighted by atomic mass is 9.76. The van der Waals surface area contributed by atoms with Crippen LogP contribution < -0.4 is 14.9 Å². The van der Waals surface area contributed by atoms with E-state index in [1.165, 1.54) is 76.7 Å². The number of hydrogen-bond acceptors (Lipinski definition) is 5. The third kappa shape index (κ3) is 11.4. The van der Waals surface area contributed by atoms with Crippen LogP contribution in [0.2, 0.25) is 0 Å². The number of fused-ring (bicyclic) bond motifs is 1. The number of halogens is 1. The molecular formula is C36H54BFO5. The average Bonchev–Trinajstić information content (AvgIpc) is 3.04. The van der Waals surface area contributed by atoms with Crippen molar-refractivity contribution in [2.24, 2.45) is 0 Å². The van der Waals surface area contributed by atoms with Crippen LogP contribution in [0.25, 0.3) is 0 Å². The molecule has 238 valence electrons. The molecule has 5 nitrogen and oxygen atoms in total. The van der Waals surface area contributed by atoms with Crippen LogP contribution in [-0.4, -0.2) is 39.1 Å². The largest absolute Gasteiger partial charge is 0.494 e. The molecule has 0 spiro atoms. The third-order valence-corrected chi connectivity index (χ3v) is 8.68. The van der Waals surface area contributed by atoms with Gasteiger partial charge >= 0.3 is 7.12 Å². The molecule has 2 saturated heterocycles. The van der Waals surface area contributed by atoms with Crippen LogP contribution in [0, 0.1) is 5.82 Å². The molecule has 0 N–H and O–H groups in total. The van der Waals surface area contributed by atoms with E-state index in [-0.39, 0.29) is 29.9 Å². The van der Waals surface area contributed by atoms with Crippen LogP contribution in [0.5, 0.6) is 11.5 Å². The molecule has 0 aliphatic carbocycles. The summed E-state index contributed by atoms with van der Waals surface area (Å²) >= 11 is 0. The molecule has 0 saturated carbocycles. The molecule has 2 fully saturated rings. The second-order valence-corrected chi connectivity index (χ2v) is 12.3. The van der Waals surface area contributed by atoms with Crippen LogP contribution >= 0.6 is 0 Å². The molecule has 0 bridgehead atoms. The first kappa shape index (κ1) is 33.8. The van der Waals surface area contributed by atoms with E-state index in [4.69, 9.17) is 23.5 Å². The van der Waals surface area contributed by atoms with Gasteiger partial charge in [0.15, 0.2) is 11.6 Å². The Morgan fingerprint density at radius 2 is 1.35 bits per heavy atom. The zero-order valence-electron chi connectivity index (χ0n) is 26.7. The van der Waals surface area contributed by atoms with E-state index < -0.39 is 7.12 Å². The highest BCUT2D eigenvalue weighted by Crippen LogP contribution is 2.35. The topological polar surface area (TPSA) is 46.2 Å². The molecular weight excluding hydrogens is 542 g/mol. The van der Waals surface area contributed by atoms with Crippen molar-refractivity contribution in [2.75, 3.05) is 19.8 Å². The summed E-state index contributed by atoms with van der Waals surface area (Å²) in [5.41, 5.74) is 1.82. The summed E-state index contributed by atoms with van der Waals surface area (Å²) in [7, 11) is -0.596. The summed E-state index contributed by atoms with van der Waals surface area (Å²) in [6.07, 6.45) is 19.2. The first-order valence-electron chi connectivity index (χ1n) is 17.3. The predicted octanol–water partition coefficient (Wildman–Crippen LogP) is 9.12. The van der Waals surface area contributed by atoms with Gasteiger partial charge in [0.05, 0.1) is 32.0 Å². The first-order chi connectivity index (χ1) is 21.2. The number of benzene rings is 2. The summed E-state index contributed by atoms with van der Waals surface area (Å²) in [5.74, 6) is 0.826. The van der Waals surface area contributed by atoms with E-state index >= 15 is 0 Å². The smallest absolute Gasteiger partial charge is 0.494 e. The van der Waals surface area contributed by atoms with Crippen LogP contribution in [0.3, 0.4) is 0 Å². The van der Waals surface area contributed by atoms with Crippen molar-refractivity contribution < 1.29 is 27.9 Å². The Labute approximate surface area is 260 Å². The summed E-state index contributed by atoms with van der Waals surface area (Å²) in [4.78, 5) is 0. The van der Waals surface area contributed by atoms with Gasteiger partial charge < -0.3 is 23.5 Å². The van der Waals surface area contributed by atoms with Crippen LogP contribution in [0.4, 0.5) is 4.39 Å². The molecule has 0 amide bonds. The molecule has 0 aromatic heterocycles. The maximum absolute atomic E-state index is 14.7. The van der Waals surface area contributed by atoms with Crippen LogP contribution in [0.1, 0.15) is 128 Å². The van der Waals surface area contributed by atoms with Crippen molar-refractivity contribution in [1.29, 1.82) is 0 Å². The van der Waals surface area contributed by atoms with Crippen molar-refractivity contribution in [2.45, 2.75) is 135 Å². The molecule has 3 atom stereocenters. The molecule has 0 radical (unpaired) electrons. The summed E-state index contributed by atoms with van der Waals surface area (Å²) < 4.78 is 45.0. The van der Waals surface area contributed by atoms with Gasteiger partial charge in [-0.1, -0.05) is 109 Å². The molecule has 2 aliphatic rings. The van der Waals surface area contributed by atoms with Crippen molar-refractivity contribution >= 4 is 12.6 Å². The highest BCUT2D eigenvalue weighted by molar-refractivity contribution is 6.61. The fourth-order valence-electron chi connectivity index (χ4n) is 6.02. The Balaban J connectivity index is 1.12. The SMILES string of the molecule is CCCCCCCCCCCCOc1ccc([C@H]2CC[C@@H]3OB(c4ccc(OCCCCCC)c(F)c4)OC[C@H]3O2)cc1. The van der Waals surface area contributed by atoms with E-state index in [0.29, 0.717) is 18.7 Å². The van der Waals surface area contributed by atoms with Crippen LogP contribution in [0.15, 0.2) is 42.5 Å². The Morgan fingerprint density at radius 3 is 2.02 bits per heavy atom.